The standard InChI is InChI=1S/C15H19N3O4S/c1-10-4-8-23-13(10)15(22)17-9-12(20)18-6-2-3-11(18)14(21)16-5-7-19/h4,7-8,11H,2-3,5-6,9H2,1H3,(H,16,21)(H,17,22)/t11-/m0/s1. The molecule has 0 saturated carbocycles. The number of hydrogen-bond donors (Lipinski definition) is 2. The number of amides is 3. The summed E-state index contributed by atoms with van der Waals surface area (Å²) >= 11 is 1.32. The Morgan fingerprint density at radius 2 is 2.17 bits per heavy atom. The van der Waals surface area contributed by atoms with Gasteiger partial charge in [-0.05, 0) is 36.8 Å². The van der Waals surface area contributed by atoms with Crippen LogP contribution in [0.25, 0.3) is 0 Å². The fraction of sp³-hybridized carbons (Fsp3) is 0.467. The Morgan fingerprint density at radius 1 is 1.39 bits per heavy atom. The van der Waals surface area contributed by atoms with E-state index in [9.17, 15) is 19.2 Å². The molecule has 2 heterocycles. The molecule has 1 aromatic heterocycles. The summed E-state index contributed by atoms with van der Waals surface area (Å²) in [6.45, 7) is 2.10. The second kappa shape index (κ2) is 7.87. The largest absolute Gasteiger partial charge is 0.348 e. The van der Waals surface area contributed by atoms with Crippen molar-refractivity contribution in [3.63, 3.8) is 0 Å². The van der Waals surface area contributed by atoms with Gasteiger partial charge in [0, 0.05) is 6.54 Å². The van der Waals surface area contributed by atoms with Gasteiger partial charge in [0.05, 0.1) is 18.0 Å². The molecule has 0 radical (unpaired) electrons. The molecule has 1 aromatic rings. The molecule has 0 spiro atoms. The van der Waals surface area contributed by atoms with E-state index < -0.39 is 6.04 Å². The number of nitrogens with zero attached hydrogens (tertiary/aromatic N) is 1. The van der Waals surface area contributed by atoms with Crippen molar-refractivity contribution in [2.45, 2.75) is 25.8 Å². The maximum Gasteiger partial charge on any atom is 0.262 e. The Labute approximate surface area is 138 Å². The third-order valence-electron chi connectivity index (χ3n) is 3.70. The Hall–Kier alpha value is -2.22. The second-order valence-corrected chi connectivity index (χ2v) is 6.19. The number of aryl methyl sites for hydroxylation is 1. The Morgan fingerprint density at radius 3 is 2.83 bits per heavy atom. The van der Waals surface area contributed by atoms with Crippen LogP contribution >= 0.6 is 11.3 Å². The van der Waals surface area contributed by atoms with Crippen LogP contribution in [0.4, 0.5) is 0 Å². The fourth-order valence-electron chi connectivity index (χ4n) is 2.54. The molecule has 8 heteroatoms. The number of likely N-dealkylation sites (tertiary alicyclic amines) is 1. The van der Waals surface area contributed by atoms with Crippen LogP contribution in [-0.4, -0.2) is 54.6 Å². The van der Waals surface area contributed by atoms with Crippen LogP contribution in [-0.2, 0) is 14.4 Å². The number of carbonyl (C=O) groups is 4. The molecule has 0 aromatic carbocycles. The number of hydrogen-bond acceptors (Lipinski definition) is 5. The fourth-order valence-corrected chi connectivity index (χ4v) is 3.38. The number of thiophene rings is 1. The highest BCUT2D eigenvalue weighted by Crippen LogP contribution is 2.18. The smallest absolute Gasteiger partial charge is 0.262 e. The minimum Gasteiger partial charge on any atom is -0.348 e. The van der Waals surface area contributed by atoms with Gasteiger partial charge in [-0.3, -0.25) is 14.4 Å². The lowest BCUT2D eigenvalue weighted by atomic mass is 10.2. The van der Waals surface area contributed by atoms with Crippen LogP contribution in [0.5, 0.6) is 0 Å². The molecular weight excluding hydrogens is 318 g/mol. The van der Waals surface area contributed by atoms with E-state index in [4.69, 9.17) is 0 Å². The molecule has 1 aliphatic heterocycles. The number of carbonyl (C=O) groups excluding carboxylic acids is 4. The molecule has 7 nitrogen and oxygen atoms in total. The van der Waals surface area contributed by atoms with Gasteiger partial charge in [-0.2, -0.15) is 0 Å². The first kappa shape index (κ1) is 17.1. The van der Waals surface area contributed by atoms with Gasteiger partial charge < -0.3 is 20.3 Å². The molecule has 23 heavy (non-hydrogen) atoms. The highest BCUT2D eigenvalue weighted by atomic mass is 32.1. The van der Waals surface area contributed by atoms with Crippen LogP contribution in [0.15, 0.2) is 11.4 Å². The number of aldehydes is 1. The van der Waals surface area contributed by atoms with Gasteiger partial charge in [0.25, 0.3) is 5.91 Å². The quantitative estimate of drug-likeness (QED) is 0.719. The Kier molecular flexibility index (Phi) is 5.86. The van der Waals surface area contributed by atoms with Crippen LogP contribution in [0, 0.1) is 6.92 Å². The van der Waals surface area contributed by atoms with Gasteiger partial charge in [-0.1, -0.05) is 0 Å². The molecule has 1 fully saturated rings. The van der Waals surface area contributed by atoms with Gasteiger partial charge >= 0.3 is 0 Å². The molecule has 3 amide bonds. The zero-order valence-corrected chi connectivity index (χ0v) is 13.6. The third-order valence-corrected chi connectivity index (χ3v) is 4.72. The molecule has 1 aliphatic rings. The summed E-state index contributed by atoms with van der Waals surface area (Å²) < 4.78 is 0. The molecule has 2 N–H and O–H groups in total. The van der Waals surface area contributed by atoms with Crippen molar-refractivity contribution in [2.24, 2.45) is 0 Å². The lowest BCUT2D eigenvalue weighted by molar-refractivity contribution is -0.137. The first-order chi connectivity index (χ1) is 11.0. The summed E-state index contributed by atoms with van der Waals surface area (Å²) in [6, 6.07) is 1.28. The summed E-state index contributed by atoms with van der Waals surface area (Å²) in [5.74, 6) is -0.910. The lowest BCUT2D eigenvalue weighted by Gasteiger charge is -2.23. The predicted octanol–water partition coefficient (Wildman–Crippen LogP) is 0.0924. The van der Waals surface area contributed by atoms with Crippen molar-refractivity contribution in [1.29, 1.82) is 0 Å². The SMILES string of the molecule is Cc1ccsc1C(=O)NCC(=O)N1CCC[C@H]1C(=O)NCC=O. The molecular formula is C15H19N3O4S. The van der Waals surface area contributed by atoms with Crippen molar-refractivity contribution in [1.82, 2.24) is 15.5 Å². The summed E-state index contributed by atoms with van der Waals surface area (Å²) in [6.07, 6.45) is 1.89. The third kappa shape index (κ3) is 4.16. The van der Waals surface area contributed by atoms with Crippen LogP contribution in [0.1, 0.15) is 28.1 Å². The van der Waals surface area contributed by atoms with Gasteiger partial charge in [-0.25, -0.2) is 0 Å². The van der Waals surface area contributed by atoms with E-state index in [1.165, 1.54) is 16.2 Å². The van der Waals surface area contributed by atoms with Crippen LogP contribution in [0.3, 0.4) is 0 Å². The van der Waals surface area contributed by atoms with Crippen molar-refractivity contribution in [2.75, 3.05) is 19.6 Å². The maximum atomic E-state index is 12.3. The maximum absolute atomic E-state index is 12.3. The first-order valence-corrected chi connectivity index (χ1v) is 8.25. The molecule has 1 saturated heterocycles. The average Bonchev–Trinajstić information content (AvgIpc) is 3.18. The molecule has 0 bridgehead atoms. The minimum atomic E-state index is -0.567. The van der Waals surface area contributed by atoms with E-state index in [-0.39, 0.29) is 30.8 Å². The second-order valence-electron chi connectivity index (χ2n) is 5.27. The molecule has 2 rings (SSSR count). The van der Waals surface area contributed by atoms with Gasteiger partial charge in [0.1, 0.15) is 12.3 Å². The predicted molar refractivity (Wildman–Crippen MR) is 85.2 cm³/mol. The van der Waals surface area contributed by atoms with E-state index in [2.05, 4.69) is 10.6 Å². The summed E-state index contributed by atoms with van der Waals surface area (Å²) in [7, 11) is 0. The molecule has 124 valence electrons. The van der Waals surface area contributed by atoms with Crippen molar-refractivity contribution in [3.8, 4) is 0 Å². The normalized spacial score (nSPS) is 16.9. The summed E-state index contributed by atoms with van der Waals surface area (Å²) in [5, 5.41) is 6.88. The first-order valence-electron chi connectivity index (χ1n) is 7.37. The van der Waals surface area contributed by atoms with Gasteiger partial charge in [0.2, 0.25) is 11.8 Å². The summed E-state index contributed by atoms with van der Waals surface area (Å²) in [4.78, 5) is 48.6. The van der Waals surface area contributed by atoms with Gasteiger partial charge in [0.15, 0.2) is 0 Å². The zero-order valence-electron chi connectivity index (χ0n) is 12.8. The summed E-state index contributed by atoms with van der Waals surface area (Å²) in [5.41, 5.74) is 0.868. The van der Waals surface area contributed by atoms with E-state index >= 15 is 0 Å². The van der Waals surface area contributed by atoms with Crippen molar-refractivity contribution >= 4 is 35.3 Å². The van der Waals surface area contributed by atoms with Crippen molar-refractivity contribution < 1.29 is 19.2 Å². The Bertz CT molecular complexity index is 614. The zero-order chi connectivity index (χ0) is 16.8. The highest BCUT2D eigenvalue weighted by molar-refractivity contribution is 7.12. The monoisotopic (exact) mass is 337 g/mol. The molecule has 0 unspecified atom stereocenters. The number of nitrogens with one attached hydrogen (secondary N) is 2. The van der Waals surface area contributed by atoms with E-state index in [1.54, 1.807) is 0 Å². The van der Waals surface area contributed by atoms with E-state index in [1.807, 2.05) is 18.4 Å². The highest BCUT2D eigenvalue weighted by Gasteiger charge is 2.33. The number of rotatable bonds is 6. The van der Waals surface area contributed by atoms with Crippen LogP contribution in [0.2, 0.25) is 0 Å². The van der Waals surface area contributed by atoms with E-state index in [0.29, 0.717) is 24.1 Å². The molecule has 0 aliphatic carbocycles. The topological polar surface area (TPSA) is 95.6 Å². The van der Waals surface area contributed by atoms with Crippen LogP contribution < -0.4 is 10.6 Å². The van der Waals surface area contributed by atoms with Gasteiger partial charge in [-0.15, -0.1) is 11.3 Å². The van der Waals surface area contributed by atoms with E-state index in [0.717, 1.165) is 12.0 Å². The average molecular weight is 337 g/mol. The van der Waals surface area contributed by atoms with Crippen molar-refractivity contribution in [3.05, 3.63) is 21.9 Å². The Balaban J connectivity index is 1.89. The minimum absolute atomic E-state index is 0.0637. The molecule has 1 atom stereocenters. The lowest BCUT2D eigenvalue weighted by Crippen LogP contribution is -2.49.